The SMILES string of the molecule is CCc1cccc(C)c1N(CC)C(C)OC. The number of benzene rings is 1. The van der Waals surface area contributed by atoms with Gasteiger partial charge in [-0.15, -0.1) is 0 Å². The number of hydrogen-bond donors (Lipinski definition) is 0. The second kappa shape index (κ2) is 5.90. The van der Waals surface area contributed by atoms with Crippen LogP contribution in [0.1, 0.15) is 31.9 Å². The summed E-state index contributed by atoms with van der Waals surface area (Å²) in [4.78, 5) is 2.31. The molecule has 0 amide bonds. The van der Waals surface area contributed by atoms with Crippen LogP contribution in [0.3, 0.4) is 0 Å². The van der Waals surface area contributed by atoms with Crippen LogP contribution >= 0.6 is 0 Å². The Labute approximate surface area is 99.2 Å². The second-order valence-corrected chi connectivity index (χ2v) is 4.06. The molecule has 1 aromatic carbocycles. The van der Waals surface area contributed by atoms with Gasteiger partial charge in [0.05, 0.1) is 0 Å². The molecule has 0 aliphatic heterocycles. The molecule has 0 aromatic heterocycles. The molecular formula is C14H23NO. The lowest BCUT2D eigenvalue weighted by Gasteiger charge is -2.32. The van der Waals surface area contributed by atoms with E-state index in [1.807, 2.05) is 0 Å². The fourth-order valence-corrected chi connectivity index (χ4v) is 2.14. The van der Waals surface area contributed by atoms with Crippen LogP contribution in [0, 0.1) is 6.92 Å². The van der Waals surface area contributed by atoms with E-state index in [1.54, 1.807) is 7.11 Å². The van der Waals surface area contributed by atoms with Crippen LogP contribution in [0.5, 0.6) is 0 Å². The molecule has 16 heavy (non-hydrogen) atoms. The summed E-state index contributed by atoms with van der Waals surface area (Å²) >= 11 is 0. The van der Waals surface area contributed by atoms with Crippen molar-refractivity contribution in [3.63, 3.8) is 0 Å². The molecule has 0 bridgehead atoms. The maximum atomic E-state index is 5.44. The molecule has 0 aliphatic carbocycles. The molecule has 0 heterocycles. The molecule has 0 fully saturated rings. The average molecular weight is 221 g/mol. The molecule has 0 saturated heterocycles. The summed E-state index contributed by atoms with van der Waals surface area (Å²) in [5.74, 6) is 0. The summed E-state index contributed by atoms with van der Waals surface area (Å²) in [6, 6.07) is 6.50. The van der Waals surface area contributed by atoms with Crippen molar-refractivity contribution in [2.75, 3.05) is 18.6 Å². The Morgan fingerprint density at radius 2 is 2.00 bits per heavy atom. The monoisotopic (exact) mass is 221 g/mol. The topological polar surface area (TPSA) is 12.5 Å². The zero-order valence-electron chi connectivity index (χ0n) is 11.1. The zero-order chi connectivity index (χ0) is 12.1. The van der Waals surface area contributed by atoms with Gasteiger partial charge in [0.25, 0.3) is 0 Å². The molecule has 0 spiro atoms. The van der Waals surface area contributed by atoms with E-state index in [1.165, 1.54) is 16.8 Å². The molecule has 2 heteroatoms. The Hall–Kier alpha value is -1.02. The fraction of sp³-hybridized carbons (Fsp3) is 0.571. The third kappa shape index (κ3) is 2.56. The van der Waals surface area contributed by atoms with Gasteiger partial charge in [0.1, 0.15) is 6.23 Å². The van der Waals surface area contributed by atoms with E-state index < -0.39 is 0 Å². The second-order valence-electron chi connectivity index (χ2n) is 4.06. The molecule has 0 aliphatic rings. The van der Waals surface area contributed by atoms with Gasteiger partial charge in [-0.25, -0.2) is 0 Å². The minimum Gasteiger partial charge on any atom is -0.362 e. The van der Waals surface area contributed by atoms with Crippen molar-refractivity contribution in [3.8, 4) is 0 Å². The van der Waals surface area contributed by atoms with Crippen LogP contribution in [0.2, 0.25) is 0 Å². The minimum atomic E-state index is 0.122. The van der Waals surface area contributed by atoms with Crippen LogP contribution in [0.25, 0.3) is 0 Å². The van der Waals surface area contributed by atoms with Crippen molar-refractivity contribution in [2.45, 2.75) is 40.3 Å². The van der Waals surface area contributed by atoms with Gasteiger partial charge in [0.15, 0.2) is 0 Å². The summed E-state index contributed by atoms with van der Waals surface area (Å²) in [5, 5.41) is 0. The summed E-state index contributed by atoms with van der Waals surface area (Å²) in [5.41, 5.74) is 4.05. The van der Waals surface area contributed by atoms with Crippen LogP contribution in [0.4, 0.5) is 5.69 Å². The Kier molecular flexibility index (Phi) is 4.81. The fourth-order valence-electron chi connectivity index (χ4n) is 2.14. The number of para-hydroxylation sites is 1. The number of rotatable bonds is 5. The Morgan fingerprint density at radius 3 is 2.50 bits per heavy atom. The largest absolute Gasteiger partial charge is 0.362 e. The maximum Gasteiger partial charge on any atom is 0.126 e. The van der Waals surface area contributed by atoms with E-state index in [2.05, 4.69) is 50.8 Å². The number of ether oxygens (including phenoxy) is 1. The van der Waals surface area contributed by atoms with E-state index in [4.69, 9.17) is 4.74 Å². The van der Waals surface area contributed by atoms with Crippen molar-refractivity contribution >= 4 is 5.69 Å². The molecule has 1 rings (SSSR count). The summed E-state index contributed by atoms with van der Waals surface area (Å²) in [7, 11) is 1.76. The third-order valence-corrected chi connectivity index (χ3v) is 3.11. The van der Waals surface area contributed by atoms with Crippen LogP contribution in [-0.4, -0.2) is 19.9 Å². The van der Waals surface area contributed by atoms with Crippen LogP contribution < -0.4 is 4.90 Å². The van der Waals surface area contributed by atoms with Gasteiger partial charge >= 0.3 is 0 Å². The number of methoxy groups -OCH3 is 1. The third-order valence-electron chi connectivity index (χ3n) is 3.11. The van der Waals surface area contributed by atoms with Crippen LogP contribution in [-0.2, 0) is 11.2 Å². The smallest absolute Gasteiger partial charge is 0.126 e. The van der Waals surface area contributed by atoms with Crippen molar-refractivity contribution in [1.29, 1.82) is 0 Å². The summed E-state index contributed by atoms with van der Waals surface area (Å²) < 4.78 is 5.44. The van der Waals surface area contributed by atoms with E-state index in [9.17, 15) is 0 Å². The van der Waals surface area contributed by atoms with E-state index in [0.717, 1.165) is 13.0 Å². The van der Waals surface area contributed by atoms with Gasteiger partial charge < -0.3 is 9.64 Å². The number of hydrogen-bond acceptors (Lipinski definition) is 2. The van der Waals surface area contributed by atoms with Crippen molar-refractivity contribution < 1.29 is 4.74 Å². The van der Waals surface area contributed by atoms with Gasteiger partial charge in [0, 0.05) is 19.3 Å². The lowest BCUT2D eigenvalue weighted by atomic mass is 10.0. The van der Waals surface area contributed by atoms with Crippen LogP contribution in [0.15, 0.2) is 18.2 Å². The zero-order valence-corrected chi connectivity index (χ0v) is 11.1. The van der Waals surface area contributed by atoms with Gasteiger partial charge in [-0.05, 0) is 38.3 Å². The highest BCUT2D eigenvalue weighted by Crippen LogP contribution is 2.27. The van der Waals surface area contributed by atoms with E-state index >= 15 is 0 Å². The maximum absolute atomic E-state index is 5.44. The predicted octanol–water partition coefficient (Wildman–Crippen LogP) is 3.38. The van der Waals surface area contributed by atoms with Gasteiger partial charge in [-0.3, -0.25) is 0 Å². The Balaban J connectivity index is 3.17. The Bertz CT molecular complexity index is 336. The molecule has 0 N–H and O–H groups in total. The molecular weight excluding hydrogens is 198 g/mol. The molecule has 0 radical (unpaired) electrons. The van der Waals surface area contributed by atoms with E-state index in [-0.39, 0.29) is 6.23 Å². The first-order chi connectivity index (χ1) is 7.65. The predicted molar refractivity (Wildman–Crippen MR) is 70.0 cm³/mol. The normalized spacial score (nSPS) is 12.6. The van der Waals surface area contributed by atoms with Crippen molar-refractivity contribution in [3.05, 3.63) is 29.3 Å². The highest BCUT2D eigenvalue weighted by atomic mass is 16.5. The van der Waals surface area contributed by atoms with Crippen molar-refractivity contribution in [2.24, 2.45) is 0 Å². The van der Waals surface area contributed by atoms with Crippen molar-refractivity contribution in [1.82, 2.24) is 0 Å². The average Bonchev–Trinajstić information content (AvgIpc) is 2.31. The standard InChI is InChI=1S/C14H23NO/c1-6-13-10-8-9-11(3)14(13)15(7-2)12(4)16-5/h8-10,12H,6-7H2,1-5H3. The lowest BCUT2D eigenvalue weighted by molar-refractivity contribution is 0.115. The molecule has 90 valence electrons. The highest BCUT2D eigenvalue weighted by Gasteiger charge is 2.16. The minimum absolute atomic E-state index is 0.122. The van der Waals surface area contributed by atoms with Gasteiger partial charge in [-0.2, -0.15) is 0 Å². The molecule has 1 aromatic rings. The molecule has 0 saturated carbocycles. The molecule has 2 nitrogen and oxygen atoms in total. The van der Waals surface area contributed by atoms with E-state index in [0.29, 0.717) is 0 Å². The number of nitrogens with zero attached hydrogens (tertiary/aromatic N) is 1. The van der Waals surface area contributed by atoms with Gasteiger partial charge in [0.2, 0.25) is 0 Å². The number of aryl methyl sites for hydroxylation is 2. The first-order valence-electron chi connectivity index (χ1n) is 6.03. The van der Waals surface area contributed by atoms with Gasteiger partial charge in [-0.1, -0.05) is 25.1 Å². The highest BCUT2D eigenvalue weighted by molar-refractivity contribution is 5.59. The lowest BCUT2D eigenvalue weighted by Crippen LogP contribution is -2.35. The Morgan fingerprint density at radius 1 is 1.31 bits per heavy atom. The molecule has 1 unspecified atom stereocenters. The summed E-state index contributed by atoms with van der Waals surface area (Å²) in [6.07, 6.45) is 1.18. The number of anilines is 1. The quantitative estimate of drug-likeness (QED) is 0.707. The summed E-state index contributed by atoms with van der Waals surface area (Å²) in [6.45, 7) is 9.59. The first kappa shape index (κ1) is 13.0. The first-order valence-corrected chi connectivity index (χ1v) is 6.03. The molecule has 1 atom stereocenters.